The van der Waals surface area contributed by atoms with Gasteiger partial charge in [-0.2, -0.15) is 0 Å². The van der Waals surface area contributed by atoms with Crippen molar-refractivity contribution < 1.29 is 19.4 Å². The number of carbonyl (C=O) groups excluding carboxylic acids is 1. The normalized spacial score (nSPS) is 45.2. The molecule has 7 heteroatoms. The van der Waals surface area contributed by atoms with Crippen molar-refractivity contribution in [1.82, 2.24) is 9.80 Å². The molecule has 6 rings (SSSR count). The van der Waals surface area contributed by atoms with Crippen LogP contribution in [0.1, 0.15) is 89.5 Å². The van der Waals surface area contributed by atoms with Crippen LogP contribution in [-0.4, -0.2) is 63.9 Å². The van der Waals surface area contributed by atoms with Crippen molar-refractivity contribution in [2.75, 3.05) is 20.1 Å². The number of aliphatic hydroxyl groups is 2. The molecule has 9 atom stereocenters. The van der Waals surface area contributed by atoms with E-state index >= 15 is 0 Å². The summed E-state index contributed by atoms with van der Waals surface area (Å²) in [6, 6.07) is 3.73. The predicted molar refractivity (Wildman–Crippen MR) is 140 cm³/mol. The van der Waals surface area contributed by atoms with Gasteiger partial charge in [0.05, 0.1) is 18.0 Å². The first-order valence-corrected chi connectivity index (χ1v) is 14.6. The maximum atomic E-state index is 13.1. The molecule has 2 N–H and O–H groups in total. The lowest BCUT2D eigenvalue weighted by molar-refractivity contribution is -0.203. The van der Waals surface area contributed by atoms with E-state index in [-0.39, 0.29) is 40.6 Å². The van der Waals surface area contributed by atoms with Gasteiger partial charge in [0, 0.05) is 37.7 Å². The fourth-order valence-electron chi connectivity index (χ4n) is 9.95. The zero-order valence-corrected chi connectivity index (χ0v) is 22.7. The van der Waals surface area contributed by atoms with Crippen molar-refractivity contribution in [3.63, 3.8) is 0 Å². The van der Waals surface area contributed by atoms with E-state index in [2.05, 4.69) is 13.8 Å². The van der Waals surface area contributed by atoms with Gasteiger partial charge in [-0.25, -0.2) is 9.59 Å². The van der Waals surface area contributed by atoms with Crippen LogP contribution in [-0.2, 0) is 0 Å². The minimum atomic E-state index is -0.690. The number of nitrogens with zero attached hydrogens (tertiary/aromatic N) is 2. The molecule has 0 unspecified atom stereocenters. The summed E-state index contributed by atoms with van der Waals surface area (Å²) in [4.78, 5) is 28.4. The predicted octanol–water partition coefficient (Wildman–Crippen LogP) is 4.37. The highest BCUT2D eigenvalue weighted by Gasteiger charge is 2.67. The van der Waals surface area contributed by atoms with Crippen molar-refractivity contribution in [2.45, 2.75) is 102 Å². The van der Waals surface area contributed by atoms with Crippen LogP contribution in [0, 0.1) is 28.6 Å². The summed E-state index contributed by atoms with van der Waals surface area (Å²) in [5, 5.41) is 22.3. The molecule has 5 aliphatic rings. The summed E-state index contributed by atoms with van der Waals surface area (Å²) >= 11 is 0. The summed E-state index contributed by atoms with van der Waals surface area (Å²) < 4.78 is 5.22. The number of hydrogen-bond acceptors (Lipinski definition) is 5. The number of aliphatic hydroxyl groups excluding tert-OH is 1. The van der Waals surface area contributed by atoms with Gasteiger partial charge in [-0.05, 0) is 105 Å². The standard InChI is InChI=1S/C30H44N2O5/c1-28-12-8-21(31(3)27(35)32-15-11-22(33)17-32)16-20(28)5-6-25-24(28)9-13-29(2)23(10-14-30(25,29)36)19-4-7-26(34)37-18-19/h4,7,18,20-25,33,36H,5-6,8-17H2,1-3H3/t20-,21+,22+,23-,24+,25-,28+,29-,30+/m1/s1. The van der Waals surface area contributed by atoms with Crippen LogP contribution >= 0.6 is 0 Å². The maximum Gasteiger partial charge on any atom is 0.335 e. The molecule has 2 heterocycles. The smallest absolute Gasteiger partial charge is 0.335 e. The maximum absolute atomic E-state index is 13.1. The fourth-order valence-corrected chi connectivity index (χ4v) is 9.95. The molecule has 37 heavy (non-hydrogen) atoms. The Morgan fingerprint density at radius 3 is 2.57 bits per heavy atom. The van der Waals surface area contributed by atoms with E-state index in [0.29, 0.717) is 37.3 Å². The lowest BCUT2D eigenvalue weighted by Crippen LogP contribution is -2.62. The lowest BCUT2D eigenvalue weighted by atomic mass is 9.43. The molecular weight excluding hydrogens is 468 g/mol. The molecule has 0 aromatic carbocycles. The van der Waals surface area contributed by atoms with E-state index < -0.39 is 5.60 Å². The molecular formula is C30H44N2O5. The number of hydrogen-bond donors (Lipinski definition) is 2. The Bertz CT molecular complexity index is 1090. The van der Waals surface area contributed by atoms with E-state index in [1.807, 2.05) is 18.0 Å². The molecule has 1 aromatic heterocycles. The summed E-state index contributed by atoms with van der Waals surface area (Å²) in [7, 11) is 1.95. The van der Waals surface area contributed by atoms with Gasteiger partial charge in [0.1, 0.15) is 0 Å². The zero-order chi connectivity index (χ0) is 26.2. The van der Waals surface area contributed by atoms with Crippen LogP contribution in [0.15, 0.2) is 27.6 Å². The number of β-amino-alcohol motifs (C(OH)–C–C–N with tert-alkyl or cyclic N) is 1. The topological polar surface area (TPSA) is 94.2 Å². The molecule has 2 amide bonds. The van der Waals surface area contributed by atoms with Crippen LogP contribution in [0.4, 0.5) is 4.79 Å². The fraction of sp³-hybridized carbons (Fsp3) is 0.800. The van der Waals surface area contributed by atoms with Gasteiger partial charge < -0.3 is 24.4 Å². The monoisotopic (exact) mass is 512 g/mol. The van der Waals surface area contributed by atoms with E-state index in [4.69, 9.17) is 4.42 Å². The van der Waals surface area contributed by atoms with Gasteiger partial charge in [-0.3, -0.25) is 0 Å². The van der Waals surface area contributed by atoms with E-state index in [0.717, 1.165) is 63.4 Å². The number of likely N-dealkylation sites (tertiary alicyclic amines) is 1. The average molecular weight is 513 g/mol. The average Bonchev–Trinajstić information content (AvgIpc) is 3.43. The first-order valence-electron chi connectivity index (χ1n) is 14.6. The van der Waals surface area contributed by atoms with Crippen molar-refractivity contribution >= 4 is 6.03 Å². The summed E-state index contributed by atoms with van der Waals surface area (Å²) in [5.74, 6) is 1.59. The quantitative estimate of drug-likeness (QED) is 0.614. The van der Waals surface area contributed by atoms with Crippen LogP contribution in [0.3, 0.4) is 0 Å². The Kier molecular flexibility index (Phi) is 6.07. The van der Waals surface area contributed by atoms with Crippen molar-refractivity contribution in [2.24, 2.45) is 28.6 Å². The Morgan fingerprint density at radius 1 is 1.05 bits per heavy atom. The number of fused-ring (bicyclic) bond motifs is 5. The molecule has 1 aliphatic heterocycles. The van der Waals surface area contributed by atoms with E-state index in [1.165, 1.54) is 6.07 Å². The van der Waals surface area contributed by atoms with Gasteiger partial charge in [-0.1, -0.05) is 13.8 Å². The minimum absolute atomic E-state index is 0.0651. The number of amides is 2. The summed E-state index contributed by atoms with van der Waals surface area (Å²) in [6.07, 6.45) is 11.1. The van der Waals surface area contributed by atoms with Crippen molar-refractivity contribution in [3.05, 3.63) is 34.4 Å². The van der Waals surface area contributed by atoms with Crippen LogP contribution < -0.4 is 5.63 Å². The minimum Gasteiger partial charge on any atom is -0.431 e. The highest BCUT2D eigenvalue weighted by molar-refractivity contribution is 5.75. The van der Waals surface area contributed by atoms with E-state index in [1.54, 1.807) is 11.2 Å². The molecule has 4 saturated carbocycles. The Morgan fingerprint density at radius 2 is 1.86 bits per heavy atom. The second-order valence-electron chi connectivity index (χ2n) is 13.6. The third kappa shape index (κ3) is 3.74. The summed E-state index contributed by atoms with van der Waals surface area (Å²) in [6.45, 7) is 5.87. The molecule has 0 spiro atoms. The number of carbonyl (C=O) groups is 1. The Hall–Kier alpha value is -1.86. The van der Waals surface area contributed by atoms with E-state index in [9.17, 15) is 19.8 Å². The van der Waals surface area contributed by atoms with Gasteiger partial charge in [0.25, 0.3) is 0 Å². The highest BCUT2D eigenvalue weighted by atomic mass is 16.4. The second kappa shape index (κ2) is 8.84. The second-order valence-corrected chi connectivity index (χ2v) is 13.6. The van der Waals surface area contributed by atoms with Crippen LogP contribution in [0.25, 0.3) is 0 Å². The van der Waals surface area contributed by atoms with Crippen LogP contribution in [0.5, 0.6) is 0 Å². The van der Waals surface area contributed by atoms with Gasteiger partial charge in [0.15, 0.2) is 0 Å². The molecule has 7 nitrogen and oxygen atoms in total. The first-order chi connectivity index (χ1) is 17.6. The highest BCUT2D eigenvalue weighted by Crippen LogP contribution is 2.70. The van der Waals surface area contributed by atoms with Gasteiger partial charge in [-0.15, -0.1) is 0 Å². The lowest BCUT2D eigenvalue weighted by Gasteiger charge is -2.64. The van der Waals surface area contributed by atoms with Crippen LogP contribution in [0.2, 0.25) is 0 Å². The molecule has 0 radical (unpaired) electrons. The van der Waals surface area contributed by atoms with Crippen molar-refractivity contribution in [3.8, 4) is 0 Å². The molecule has 4 aliphatic carbocycles. The SMILES string of the molecule is CN(C(=O)N1CC[C@H](O)C1)[C@H]1CC[C@@]2(C)[C@H](CC[C@@H]3[C@@H]2CC[C@]2(C)[C@@H](c4ccc(=O)oc4)CC[C@]32O)C1. The van der Waals surface area contributed by atoms with Crippen molar-refractivity contribution in [1.29, 1.82) is 0 Å². The Labute approximate surface area is 220 Å². The third-order valence-electron chi connectivity index (χ3n) is 12.2. The molecule has 0 bridgehead atoms. The third-order valence-corrected chi connectivity index (χ3v) is 12.2. The number of rotatable bonds is 2. The first kappa shape index (κ1) is 25.4. The molecule has 5 fully saturated rings. The summed E-state index contributed by atoms with van der Waals surface area (Å²) in [5.41, 5.74) is 0.0295. The van der Waals surface area contributed by atoms with Gasteiger partial charge >= 0.3 is 11.7 Å². The molecule has 204 valence electrons. The molecule has 1 aromatic rings. The zero-order valence-electron chi connectivity index (χ0n) is 22.7. The van der Waals surface area contributed by atoms with Gasteiger partial charge in [0.2, 0.25) is 0 Å². The Balaban J connectivity index is 1.19. The largest absolute Gasteiger partial charge is 0.431 e. The molecule has 1 saturated heterocycles. The number of urea groups is 1.